The molecule has 0 bridgehead atoms. The van der Waals surface area contributed by atoms with Crippen molar-refractivity contribution in [1.82, 2.24) is 20.4 Å². The molecule has 0 aromatic heterocycles. The highest BCUT2D eigenvalue weighted by molar-refractivity contribution is 5.80. The lowest BCUT2D eigenvalue weighted by Gasteiger charge is -2.32. The summed E-state index contributed by atoms with van der Waals surface area (Å²) in [5.41, 5.74) is 1.18. The van der Waals surface area contributed by atoms with Gasteiger partial charge < -0.3 is 30.1 Å². The van der Waals surface area contributed by atoms with Crippen LogP contribution >= 0.6 is 0 Å². The standard InChI is InChI=1S/C23H40N6O/c1-4-24-23(25-12-7-8-13-28-17-15-27(2)16-18-28)26-20-11-14-29(19-20)21-9-5-6-10-22(21)30-3/h5-6,9-10,20H,4,7-8,11-19H2,1-3H3,(H2,24,25,26). The van der Waals surface area contributed by atoms with Gasteiger partial charge in [0.1, 0.15) is 5.75 Å². The van der Waals surface area contributed by atoms with Crippen molar-refractivity contribution in [2.75, 3.05) is 78.0 Å². The zero-order valence-corrected chi connectivity index (χ0v) is 19.1. The summed E-state index contributed by atoms with van der Waals surface area (Å²) >= 11 is 0. The summed E-state index contributed by atoms with van der Waals surface area (Å²) < 4.78 is 5.53. The highest BCUT2D eigenvalue weighted by Gasteiger charge is 2.25. The fourth-order valence-corrected chi connectivity index (χ4v) is 4.21. The number of rotatable bonds is 9. The number of ether oxygens (including phenoxy) is 1. The van der Waals surface area contributed by atoms with Gasteiger partial charge in [-0.05, 0) is 51.9 Å². The second kappa shape index (κ2) is 12.0. The van der Waals surface area contributed by atoms with Crippen LogP contribution in [0.3, 0.4) is 0 Å². The number of unbranched alkanes of at least 4 members (excludes halogenated alkanes) is 1. The number of methoxy groups -OCH3 is 1. The zero-order valence-electron chi connectivity index (χ0n) is 19.1. The summed E-state index contributed by atoms with van der Waals surface area (Å²) in [5, 5.41) is 7.05. The Hall–Kier alpha value is -1.99. The molecule has 3 rings (SSSR count). The highest BCUT2D eigenvalue weighted by Crippen LogP contribution is 2.30. The van der Waals surface area contributed by atoms with Gasteiger partial charge in [-0.25, -0.2) is 0 Å². The minimum Gasteiger partial charge on any atom is -0.495 e. The van der Waals surface area contributed by atoms with E-state index >= 15 is 0 Å². The smallest absolute Gasteiger partial charge is 0.191 e. The summed E-state index contributed by atoms with van der Waals surface area (Å²) in [6.45, 7) is 11.9. The van der Waals surface area contributed by atoms with Crippen molar-refractivity contribution in [2.45, 2.75) is 32.2 Å². The molecular formula is C23H40N6O. The molecule has 0 amide bonds. The summed E-state index contributed by atoms with van der Waals surface area (Å²) in [6.07, 6.45) is 3.46. The average molecular weight is 417 g/mol. The summed E-state index contributed by atoms with van der Waals surface area (Å²) in [5.74, 6) is 1.89. The van der Waals surface area contributed by atoms with E-state index in [9.17, 15) is 0 Å². The number of hydrogen-bond donors (Lipinski definition) is 2. The van der Waals surface area contributed by atoms with Crippen LogP contribution in [-0.4, -0.2) is 94.9 Å². The van der Waals surface area contributed by atoms with Crippen LogP contribution in [0.4, 0.5) is 5.69 Å². The maximum absolute atomic E-state index is 5.53. The highest BCUT2D eigenvalue weighted by atomic mass is 16.5. The first-order valence-corrected chi connectivity index (χ1v) is 11.5. The van der Waals surface area contributed by atoms with Gasteiger partial charge in [-0.2, -0.15) is 0 Å². The molecule has 1 atom stereocenters. The number of likely N-dealkylation sites (N-methyl/N-ethyl adjacent to an activating group) is 1. The molecule has 168 valence electrons. The Labute approximate surface area is 182 Å². The molecule has 2 heterocycles. The summed E-state index contributed by atoms with van der Waals surface area (Å²) in [4.78, 5) is 12.2. The number of piperazine rings is 1. The van der Waals surface area contributed by atoms with Gasteiger partial charge in [-0.1, -0.05) is 12.1 Å². The van der Waals surface area contributed by atoms with Crippen molar-refractivity contribution in [3.63, 3.8) is 0 Å². The van der Waals surface area contributed by atoms with Crippen molar-refractivity contribution >= 4 is 11.6 Å². The molecule has 0 aliphatic carbocycles. The minimum absolute atomic E-state index is 0.401. The first-order valence-electron chi connectivity index (χ1n) is 11.5. The molecule has 0 spiro atoms. The van der Waals surface area contributed by atoms with Crippen LogP contribution in [-0.2, 0) is 0 Å². The lowest BCUT2D eigenvalue weighted by atomic mass is 10.2. The molecule has 7 heteroatoms. The Balaban J connectivity index is 1.41. The van der Waals surface area contributed by atoms with Crippen molar-refractivity contribution in [3.8, 4) is 5.75 Å². The molecule has 2 aliphatic rings. The first kappa shape index (κ1) is 22.7. The van der Waals surface area contributed by atoms with E-state index < -0.39 is 0 Å². The van der Waals surface area contributed by atoms with E-state index in [0.29, 0.717) is 6.04 Å². The Morgan fingerprint density at radius 2 is 1.93 bits per heavy atom. The molecule has 30 heavy (non-hydrogen) atoms. The van der Waals surface area contributed by atoms with Crippen molar-refractivity contribution < 1.29 is 4.74 Å². The fourth-order valence-electron chi connectivity index (χ4n) is 4.21. The molecule has 7 nitrogen and oxygen atoms in total. The summed E-state index contributed by atoms with van der Waals surface area (Å²) in [7, 11) is 3.95. The molecule has 1 aromatic carbocycles. The third-order valence-electron chi connectivity index (χ3n) is 6.05. The van der Waals surface area contributed by atoms with E-state index in [2.05, 4.69) is 51.4 Å². The third-order valence-corrected chi connectivity index (χ3v) is 6.05. The number of nitrogens with one attached hydrogen (secondary N) is 2. The largest absolute Gasteiger partial charge is 0.495 e. The molecular weight excluding hydrogens is 376 g/mol. The van der Waals surface area contributed by atoms with Crippen LogP contribution < -0.4 is 20.3 Å². The Morgan fingerprint density at radius 1 is 1.13 bits per heavy atom. The second-order valence-corrected chi connectivity index (χ2v) is 8.36. The van der Waals surface area contributed by atoms with Crippen LogP contribution in [0.25, 0.3) is 0 Å². The van der Waals surface area contributed by atoms with Gasteiger partial charge in [0.15, 0.2) is 5.96 Å². The Kier molecular flexibility index (Phi) is 9.08. The second-order valence-electron chi connectivity index (χ2n) is 8.36. The Morgan fingerprint density at radius 3 is 2.70 bits per heavy atom. The number of para-hydroxylation sites is 2. The van der Waals surface area contributed by atoms with Gasteiger partial charge >= 0.3 is 0 Å². The van der Waals surface area contributed by atoms with Gasteiger partial charge in [0.05, 0.1) is 12.8 Å². The van der Waals surface area contributed by atoms with Gasteiger partial charge in [-0.15, -0.1) is 0 Å². The molecule has 2 fully saturated rings. The molecule has 2 N–H and O–H groups in total. The van der Waals surface area contributed by atoms with E-state index in [1.54, 1.807) is 7.11 Å². The van der Waals surface area contributed by atoms with Gasteiger partial charge in [0.25, 0.3) is 0 Å². The maximum Gasteiger partial charge on any atom is 0.191 e. The van der Waals surface area contributed by atoms with Crippen molar-refractivity contribution in [3.05, 3.63) is 24.3 Å². The van der Waals surface area contributed by atoms with E-state index in [0.717, 1.165) is 50.7 Å². The van der Waals surface area contributed by atoms with Crippen LogP contribution in [0.2, 0.25) is 0 Å². The third kappa shape index (κ3) is 6.77. The topological polar surface area (TPSA) is 55.4 Å². The molecule has 1 unspecified atom stereocenters. The molecule has 2 saturated heterocycles. The van der Waals surface area contributed by atoms with E-state index in [-0.39, 0.29) is 0 Å². The predicted molar refractivity (Wildman–Crippen MR) is 126 cm³/mol. The van der Waals surface area contributed by atoms with E-state index in [4.69, 9.17) is 9.73 Å². The maximum atomic E-state index is 5.53. The SMILES string of the molecule is CCNC(=NCCCCN1CCN(C)CC1)NC1CCN(c2ccccc2OC)C1. The van der Waals surface area contributed by atoms with Crippen LogP contribution in [0, 0.1) is 0 Å². The van der Waals surface area contributed by atoms with Gasteiger partial charge in [0, 0.05) is 58.4 Å². The van der Waals surface area contributed by atoms with E-state index in [1.807, 2.05) is 12.1 Å². The normalized spacial score (nSPS) is 21.1. The van der Waals surface area contributed by atoms with Gasteiger partial charge in [0.2, 0.25) is 0 Å². The van der Waals surface area contributed by atoms with Crippen LogP contribution in [0.1, 0.15) is 26.2 Å². The number of guanidine groups is 1. The van der Waals surface area contributed by atoms with Crippen LogP contribution in [0.5, 0.6) is 5.75 Å². The molecule has 1 aromatic rings. The van der Waals surface area contributed by atoms with E-state index in [1.165, 1.54) is 44.8 Å². The predicted octanol–water partition coefficient (Wildman–Crippen LogP) is 1.86. The number of aliphatic imine (C=N–C) groups is 1. The monoisotopic (exact) mass is 416 g/mol. The van der Waals surface area contributed by atoms with Crippen LogP contribution in [0.15, 0.2) is 29.3 Å². The lowest BCUT2D eigenvalue weighted by Crippen LogP contribution is -2.45. The zero-order chi connectivity index (χ0) is 21.2. The number of hydrogen-bond acceptors (Lipinski definition) is 5. The fraction of sp³-hybridized carbons (Fsp3) is 0.696. The first-order chi connectivity index (χ1) is 14.7. The van der Waals surface area contributed by atoms with Crippen molar-refractivity contribution in [2.24, 2.45) is 4.99 Å². The number of anilines is 1. The number of benzene rings is 1. The summed E-state index contributed by atoms with van der Waals surface area (Å²) in [6, 6.07) is 8.67. The lowest BCUT2D eigenvalue weighted by molar-refractivity contribution is 0.152. The molecule has 0 radical (unpaired) electrons. The number of nitrogens with zero attached hydrogens (tertiary/aromatic N) is 4. The van der Waals surface area contributed by atoms with Crippen molar-refractivity contribution in [1.29, 1.82) is 0 Å². The van der Waals surface area contributed by atoms with Gasteiger partial charge in [-0.3, -0.25) is 4.99 Å². The minimum atomic E-state index is 0.401. The molecule has 0 saturated carbocycles. The molecule has 2 aliphatic heterocycles. The Bertz CT molecular complexity index is 659. The average Bonchev–Trinajstić information content (AvgIpc) is 3.23. The quantitative estimate of drug-likeness (QED) is 0.364.